The normalized spacial score (nSPS) is 36.5. The van der Waals surface area contributed by atoms with Gasteiger partial charge in [0.2, 0.25) is 0 Å². The molecule has 2 aliphatic heterocycles. The zero-order valence-electron chi connectivity index (χ0n) is 6.08. The molecule has 0 aromatic carbocycles. The summed E-state index contributed by atoms with van der Waals surface area (Å²) >= 11 is 0. The maximum Gasteiger partial charge on any atom is 0.280 e. The number of hydrogen-bond donors (Lipinski definition) is 0. The first-order valence-electron chi connectivity index (χ1n) is 3.61. The monoisotopic (exact) mass is 175 g/mol. The molecule has 1 spiro atoms. The first-order valence-corrected chi connectivity index (χ1v) is 4.08. The molecule has 11 heavy (non-hydrogen) atoms. The van der Waals surface area contributed by atoms with Gasteiger partial charge in [0.05, 0.1) is 6.61 Å². The van der Waals surface area contributed by atoms with E-state index in [4.69, 9.17) is 9.36 Å². The van der Waals surface area contributed by atoms with Crippen LogP contribution in [0.2, 0.25) is 0 Å². The average molecular weight is 175 g/mol. The quantitative estimate of drug-likeness (QED) is 0.419. The number of piperidine rings is 1. The van der Waals surface area contributed by atoms with Gasteiger partial charge in [0.1, 0.15) is 0 Å². The summed E-state index contributed by atoms with van der Waals surface area (Å²) in [5.41, 5.74) is -0.491. The van der Waals surface area contributed by atoms with E-state index in [1.165, 1.54) is 5.06 Å². The third kappa shape index (κ3) is 1.06. The molecule has 1 amide bonds. The molecule has 0 bridgehead atoms. The molecule has 2 saturated heterocycles. The van der Waals surface area contributed by atoms with Crippen LogP contribution in [0.4, 0.5) is 0 Å². The lowest BCUT2D eigenvalue weighted by Crippen LogP contribution is -2.44. The molecule has 2 unspecified atom stereocenters. The van der Waals surface area contributed by atoms with E-state index in [-0.39, 0.29) is 5.91 Å². The van der Waals surface area contributed by atoms with E-state index in [1.807, 2.05) is 0 Å². The minimum absolute atomic E-state index is 0.0289. The van der Waals surface area contributed by atoms with E-state index >= 15 is 0 Å². The van der Waals surface area contributed by atoms with Crippen LogP contribution >= 0.6 is 9.47 Å². The molecule has 0 saturated carbocycles. The van der Waals surface area contributed by atoms with Crippen molar-refractivity contribution in [2.45, 2.75) is 18.4 Å². The lowest BCUT2D eigenvalue weighted by atomic mass is 10.00. The number of epoxide rings is 1. The van der Waals surface area contributed by atoms with Gasteiger partial charge >= 0.3 is 0 Å². The van der Waals surface area contributed by atoms with Gasteiger partial charge in [0, 0.05) is 16.0 Å². The fourth-order valence-electron chi connectivity index (χ4n) is 1.40. The highest BCUT2D eigenvalue weighted by atomic mass is 31.0. The number of hydroxylamine groups is 2. The summed E-state index contributed by atoms with van der Waals surface area (Å²) in [6, 6.07) is 0. The van der Waals surface area contributed by atoms with Crippen LogP contribution in [0.3, 0.4) is 0 Å². The molecule has 2 atom stereocenters. The van der Waals surface area contributed by atoms with Crippen LogP contribution in [0, 0.1) is 0 Å². The van der Waals surface area contributed by atoms with Gasteiger partial charge < -0.3 is 4.74 Å². The minimum atomic E-state index is -0.491. The second kappa shape index (κ2) is 2.41. The van der Waals surface area contributed by atoms with E-state index in [2.05, 4.69) is 9.47 Å². The Bertz CT molecular complexity index is 192. The number of hydrogen-bond acceptors (Lipinski definition) is 3. The van der Waals surface area contributed by atoms with Crippen LogP contribution < -0.4 is 0 Å². The van der Waals surface area contributed by atoms with Gasteiger partial charge in [-0.3, -0.25) is 9.42 Å². The van der Waals surface area contributed by atoms with E-state index in [9.17, 15) is 4.79 Å². The molecule has 0 N–H and O–H groups in total. The van der Waals surface area contributed by atoms with Crippen LogP contribution in [-0.2, 0) is 14.2 Å². The number of amides is 1. The van der Waals surface area contributed by atoms with E-state index in [0.29, 0.717) is 13.2 Å². The van der Waals surface area contributed by atoms with E-state index in [1.54, 1.807) is 0 Å². The first-order chi connectivity index (χ1) is 5.28. The Balaban J connectivity index is 2.10. The highest BCUT2D eigenvalue weighted by molar-refractivity contribution is 7.09. The Kier molecular flexibility index (Phi) is 1.63. The molecule has 2 aliphatic rings. The van der Waals surface area contributed by atoms with Crippen molar-refractivity contribution in [1.82, 2.24) is 5.06 Å². The number of nitrogens with zero attached hydrogens (tertiary/aromatic N) is 1. The largest absolute Gasteiger partial charge is 0.359 e. The first kappa shape index (κ1) is 7.47. The van der Waals surface area contributed by atoms with E-state index < -0.39 is 5.60 Å². The molecule has 0 aliphatic carbocycles. The fraction of sp³-hybridized carbons (Fsp3) is 0.833. The van der Waals surface area contributed by atoms with Crippen molar-refractivity contribution in [2.24, 2.45) is 0 Å². The van der Waals surface area contributed by atoms with Gasteiger partial charge in [0.15, 0.2) is 5.60 Å². The van der Waals surface area contributed by atoms with Crippen molar-refractivity contribution in [3.05, 3.63) is 0 Å². The number of ether oxygens (including phenoxy) is 1. The average Bonchev–Trinajstić information content (AvgIpc) is 2.77. The Morgan fingerprint density at radius 3 is 3.00 bits per heavy atom. The Hall–Kier alpha value is -0.180. The molecule has 0 radical (unpaired) electrons. The topological polar surface area (TPSA) is 42.1 Å². The molecule has 2 fully saturated rings. The molecule has 2 rings (SSSR count). The minimum Gasteiger partial charge on any atom is -0.359 e. The lowest BCUT2D eigenvalue weighted by molar-refractivity contribution is -0.166. The summed E-state index contributed by atoms with van der Waals surface area (Å²) in [5.74, 6) is -0.0289. The van der Waals surface area contributed by atoms with Crippen molar-refractivity contribution >= 4 is 15.4 Å². The fourth-order valence-corrected chi connectivity index (χ4v) is 1.60. The van der Waals surface area contributed by atoms with Crippen LogP contribution in [0.15, 0.2) is 0 Å². The Labute approximate surface area is 67.1 Å². The van der Waals surface area contributed by atoms with Crippen molar-refractivity contribution < 1.29 is 14.2 Å². The molecular formula is C6H10NO3P. The van der Waals surface area contributed by atoms with Crippen LogP contribution in [-0.4, -0.2) is 29.7 Å². The summed E-state index contributed by atoms with van der Waals surface area (Å²) in [6.07, 6.45) is 1.80. The molecule has 4 nitrogen and oxygen atoms in total. The van der Waals surface area contributed by atoms with Crippen LogP contribution in [0.25, 0.3) is 0 Å². The number of carbonyl (C=O) groups is 1. The summed E-state index contributed by atoms with van der Waals surface area (Å²) < 4.78 is 9.90. The van der Waals surface area contributed by atoms with Gasteiger partial charge in [-0.2, -0.15) is 0 Å². The zero-order valence-corrected chi connectivity index (χ0v) is 7.23. The van der Waals surface area contributed by atoms with E-state index in [0.717, 1.165) is 12.8 Å². The smallest absolute Gasteiger partial charge is 0.280 e. The summed E-state index contributed by atoms with van der Waals surface area (Å²) in [5, 5.41) is 1.35. The SMILES string of the molecule is O=C1N(OP)CCCC12CO2. The zero-order chi connectivity index (χ0) is 7.90. The predicted molar refractivity (Wildman–Crippen MR) is 40.4 cm³/mol. The Morgan fingerprint density at radius 2 is 2.45 bits per heavy atom. The van der Waals surface area contributed by atoms with Gasteiger partial charge in [-0.15, -0.1) is 0 Å². The summed E-state index contributed by atoms with van der Waals surface area (Å²) in [7, 11) is 2.08. The summed E-state index contributed by atoms with van der Waals surface area (Å²) in [6.45, 7) is 1.24. The lowest BCUT2D eigenvalue weighted by Gasteiger charge is -2.27. The van der Waals surface area contributed by atoms with Crippen molar-refractivity contribution in [3.63, 3.8) is 0 Å². The second-order valence-electron chi connectivity index (χ2n) is 2.90. The standard InChI is InChI=1S/C6H10NO3P/c8-5-6(4-9-6)2-1-3-7(5)10-11/h1-4,11H2. The highest BCUT2D eigenvalue weighted by Crippen LogP contribution is 2.37. The van der Waals surface area contributed by atoms with Gasteiger partial charge in [-0.25, -0.2) is 5.06 Å². The molecular weight excluding hydrogens is 165 g/mol. The molecule has 0 aromatic heterocycles. The van der Waals surface area contributed by atoms with Gasteiger partial charge in [-0.1, -0.05) is 0 Å². The molecule has 5 heteroatoms. The van der Waals surface area contributed by atoms with Gasteiger partial charge in [0.25, 0.3) is 5.91 Å². The number of rotatable bonds is 1. The number of carbonyl (C=O) groups excluding carboxylic acids is 1. The highest BCUT2D eigenvalue weighted by Gasteiger charge is 2.56. The van der Waals surface area contributed by atoms with Crippen molar-refractivity contribution in [2.75, 3.05) is 13.2 Å². The molecule has 2 heterocycles. The van der Waals surface area contributed by atoms with Crippen molar-refractivity contribution in [1.29, 1.82) is 0 Å². The molecule has 0 aromatic rings. The Morgan fingerprint density at radius 1 is 1.73 bits per heavy atom. The maximum absolute atomic E-state index is 11.4. The van der Waals surface area contributed by atoms with Crippen LogP contribution in [0.5, 0.6) is 0 Å². The maximum atomic E-state index is 11.4. The molecule has 62 valence electrons. The third-order valence-corrected chi connectivity index (χ3v) is 2.43. The third-order valence-electron chi connectivity index (χ3n) is 2.18. The van der Waals surface area contributed by atoms with Crippen LogP contribution in [0.1, 0.15) is 12.8 Å². The summed E-state index contributed by atoms with van der Waals surface area (Å²) in [4.78, 5) is 11.4. The second-order valence-corrected chi connectivity index (χ2v) is 3.11. The van der Waals surface area contributed by atoms with Crippen molar-refractivity contribution in [3.8, 4) is 0 Å². The van der Waals surface area contributed by atoms with Gasteiger partial charge in [-0.05, 0) is 12.8 Å². The predicted octanol–water partition coefficient (Wildman–Crippen LogP) is 0.0995.